The van der Waals surface area contributed by atoms with Gasteiger partial charge in [0.05, 0.1) is 0 Å². The number of hydrogen-bond donors (Lipinski definition) is 1. The Hall–Kier alpha value is -1.77. The van der Waals surface area contributed by atoms with Gasteiger partial charge >= 0.3 is 0 Å². The van der Waals surface area contributed by atoms with Crippen molar-refractivity contribution in [2.45, 2.75) is 0 Å². The van der Waals surface area contributed by atoms with Gasteiger partial charge < -0.3 is 5.32 Å². The molecule has 2 aromatic rings. The van der Waals surface area contributed by atoms with E-state index in [9.17, 15) is 0 Å². The Morgan fingerprint density at radius 3 is 2.43 bits per heavy atom. The van der Waals surface area contributed by atoms with Crippen LogP contribution in [0.4, 0.5) is 11.5 Å². The molecule has 0 saturated heterocycles. The van der Waals surface area contributed by atoms with E-state index in [0.29, 0.717) is 0 Å². The monoisotopic (exact) mass is 180 g/mol. The smallest absolute Gasteiger partial charge is 0.130 e. The molecule has 14 heavy (non-hydrogen) atoms. The standard InChI is InChI=1S/C11H9BN2/c12-9-4-6-10(7-5-9)14-11-3-1-2-8-13-11/h1-8H,(H,13,14). The maximum atomic E-state index is 5.58. The first-order chi connectivity index (χ1) is 6.84. The highest BCUT2D eigenvalue weighted by Crippen LogP contribution is 2.11. The Morgan fingerprint density at radius 1 is 1.00 bits per heavy atom. The van der Waals surface area contributed by atoms with Crippen molar-refractivity contribution < 1.29 is 0 Å². The van der Waals surface area contributed by atoms with Gasteiger partial charge in [0, 0.05) is 11.9 Å². The summed E-state index contributed by atoms with van der Waals surface area (Å²) in [6, 6.07) is 13.3. The molecule has 0 aliphatic rings. The zero-order valence-electron chi connectivity index (χ0n) is 7.64. The molecule has 0 amide bonds. The van der Waals surface area contributed by atoms with E-state index in [-0.39, 0.29) is 0 Å². The Bertz CT molecular complexity index is 397. The molecule has 0 saturated carbocycles. The maximum Gasteiger partial charge on any atom is 0.130 e. The van der Waals surface area contributed by atoms with Crippen LogP contribution < -0.4 is 10.8 Å². The molecule has 0 spiro atoms. The molecule has 1 heterocycles. The fraction of sp³-hybridized carbons (Fsp3) is 0. The normalized spacial score (nSPS) is 9.71. The van der Waals surface area contributed by atoms with E-state index in [1.807, 2.05) is 42.5 Å². The lowest BCUT2D eigenvalue weighted by molar-refractivity contribution is 1.31. The quantitative estimate of drug-likeness (QED) is 0.710. The van der Waals surface area contributed by atoms with Gasteiger partial charge in [-0.15, -0.1) is 0 Å². The van der Waals surface area contributed by atoms with Crippen molar-refractivity contribution in [1.82, 2.24) is 4.98 Å². The molecular formula is C11H9BN2. The number of benzene rings is 1. The van der Waals surface area contributed by atoms with Crippen LogP contribution in [-0.4, -0.2) is 12.8 Å². The number of hydrogen-bond acceptors (Lipinski definition) is 2. The Balaban J connectivity index is 2.16. The van der Waals surface area contributed by atoms with Crippen LogP contribution >= 0.6 is 0 Å². The molecule has 0 bridgehead atoms. The summed E-state index contributed by atoms with van der Waals surface area (Å²) in [6.07, 6.45) is 1.75. The molecule has 1 N–H and O–H groups in total. The molecule has 1 aromatic carbocycles. The second kappa shape index (κ2) is 3.96. The summed E-state index contributed by atoms with van der Waals surface area (Å²) in [5.74, 6) is 0.831. The van der Waals surface area contributed by atoms with E-state index >= 15 is 0 Å². The summed E-state index contributed by atoms with van der Waals surface area (Å²) in [7, 11) is 5.58. The fourth-order valence-electron chi connectivity index (χ4n) is 1.15. The number of rotatable bonds is 2. The molecule has 2 radical (unpaired) electrons. The fourth-order valence-corrected chi connectivity index (χ4v) is 1.15. The van der Waals surface area contributed by atoms with Crippen molar-refractivity contribution in [3.05, 3.63) is 48.7 Å². The topological polar surface area (TPSA) is 24.9 Å². The summed E-state index contributed by atoms with van der Waals surface area (Å²) >= 11 is 0. The number of anilines is 2. The minimum Gasteiger partial charge on any atom is -0.340 e. The Morgan fingerprint density at radius 2 is 1.79 bits per heavy atom. The third-order valence-corrected chi connectivity index (χ3v) is 1.85. The van der Waals surface area contributed by atoms with Crippen LogP contribution in [0.1, 0.15) is 0 Å². The van der Waals surface area contributed by atoms with E-state index in [1.54, 1.807) is 6.20 Å². The lowest BCUT2D eigenvalue weighted by Gasteiger charge is -2.04. The highest BCUT2D eigenvalue weighted by Gasteiger charge is 1.92. The number of pyridine rings is 1. The van der Waals surface area contributed by atoms with E-state index < -0.39 is 0 Å². The summed E-state index contributed by atoms with van der Waals surface area (Å²) in [5, 5.41) is 3.16. The molecule has 0 aliphatic carbocycles. The van der Waals surface area contributed by atoms with Crippen molar-refractivity contribution in [2.24, 2.45) is 0 Å². The zero-order chi connectivity index (χ0) is 9.80. The van der Waals surface area contributed by atoms with Crippen LogP contribution in [0.25, 0.3) is 0 Å². The maximum absolute atomic E-state index is 5.58. The SMILES string of the molecule is [B]c1ccc(Nc2ccccn2)cc1. The molecule has 2 nitrogen and oxygen atoms in total. The minimum absolute atomic E-state index is 0.761. The lowest BCUT2D eigenvalue weighted by Crippen LogP contribution is -2.01. The number of nitrogens with zero attached hydrogens (tertiary/aromatic N) is 1. The first kappa shape index (κ1) is 8.82. The molecule has 2 rings (SSSR count). The number of aromatic nitrogens is 1. The van der Waals surface area contributed by atoms with Crippen molar-refractivity contribution in [1.29, 1.82) is 0 Å². The lowest BCUT2D eigenvalue weighted by atomic mass is 9.96. The molecule has 1 aromatic heterocycles. The van der Waals surface area contributed by atoms with Crippen molar-refractivity contribution in [2.75, 3.05) is 5.32 Å². The Labute approximate surface area is 84.4 Å². The molecule has 0 fully saturated rings. The molecule has 3 heteroatoms. The largest absolute Gasteiger partial charge is 0.340 e. The third kappa shape index (κ3) is 2.13. The van der Waals surface area contributed by atoms with Gasteiger partial charge in [-0.05, 0) is 24.3 Å². The molecular weight excluding hydrogens is 171 g/mol. The van der Waals surface area contributed by atoms with Gasteiger partial charge in [0.1, 0.15) is 13.7 Å². The average Bonchev–Trinajstić information content (AvgIpc) is 2.23. The third-order valence-electron chi connectivity index (χ3n) is 1.85. The van der Waals surface area contributed by atoms with E-state index in [4.69, 9.17) is 7.85 Å². The first-order valence-electron chi connectivity index (χ1n) is 4.38. The zero-order valence-corrected chi connectivity index (χ0v) is 7.64. The second-order valence-corrected chi connectivity index (χ2v) is 2.96. The molecule has 66 valence electrons. The van der Waals surface area contributed by atoms with Gasteiger partial charge in [-0.3, -0.25) is 0 Å². The summed E-state index contributed by atoms with van der Waals surface area (Å²) in [4.78, 5) is 4.15. The minimum atomic E-state index is 0.761. The highest BCUT2D eigenvalue weighted by molar-refractivity contribution is 6.32. The highest BCUT2D eigenvalue weighted by atomic mass is 15.0. The molecule has 0 unspecified atom stereocenters. The van der Waals surface area contributed by atoms with Gasteiger partial charge in [-0.25, -0.2) is 4.98 Å². The van der Waals surface area contributed by atoms with Gasteiger partial charge in [0.25, 0.3) is 0 Å². The van der Waals surface area contributed by atoms with Crippen molar-refractivity contribution >= 4 is 24.8 Å². The number of nitrogens with one attached hydrogen (secondary N) is 1. The summed E-state index contributed by atoms with van der Waals surface area (Å²) < 4.78 is 0. The van der Waals surface area contributed by atoms with Crippen LogP contribution in [0.3, 0.4) is 0 Å². The summed E-state index contributed by atoms with van der Waals surface area (Å²) in [6.45, 7) is 0. The van der Waals surface area contributed by atoms with Crippen LogP contribution in [0.15, 0.2) is 48.7 Å². The van der Waals surface area contributed by atoms with E-state index in [0.717, 1.165) is 17.0 Å². The van der Waals surface area contributed by atoms with Crippen LogP contribution in [0.2, 0.25) is 0 Å². The van der Waals surface area contributed by atoms with Crippen molar-refractivity contribution in [3.63, 3.8) is 0 Å². The van der Waals surface area contributed by atoms with Crippen molar-refractivity contribution in [3.8, 4) is 0 Å². The average molecular weight is 180 g/mol. The predicted octanol–water partition coefficient (Wildman–Crippen LogP) is 1.62. The van der Waals surface area contributed by atoms with Gasteiger partial charge in [-0.1, -0.05) is 23.7 Å². The van der Waals surface area contributed by atoms with Gasteiger partial charge in [-0.2, -0.15) is 0 Å². The molecule has 0 atom stereocenters. The summed E-state index contributed by atoms with van der Waals surface area (Å²) in [5.41, 5.74) is 1.74. The molecule has 0 aliphatic heterocycles. The Kier molecular flexibility index (Phi) is 2.50. The second-order valence-electron chi connectivity index (χ2n) is 2.96. The van der Waals surface area contributed by atoms with E-state index in [1.165, 1.54) is 0 Å². The van der Waals surface area contributed by atoms with Crippen LogP contribution in [-0.2, 0) is 0 Å². The van der Waals surface area contributed by atoms with Crippen LogP contribution in [0, 0.1) is 0 Å². The predicted molar refractivity (Wildman–Crippen MR) is 59.3 cm³/mol. The first-order valence-corrected chi connectivity index (χ1v) is 4.38. The van der Waals surface area contributed by atoms with E-state index in [2.05, 4.69) is 10.3 Å². The van der Waals surface area contributed by atoms with Gasteiger partial charge in [0.15, 0.2) is 0 Å². The van der Waals surface area contributed by atoms with Gasteiger partial charge in [0.2, 0.25) is 0 Å². The van der Waals surface area contributed by atoms with Crippen LogP contribution in [0.5, 0.6) is 0 Å².